The Morgan fingerprint density at radius 3 is 2.56 bits per heavy atom. The van der Waals surface area contributed by atoms with E-state index in [1.54, 1.807) is 36.4 Å². The molecule has 7 heteroatoms. The molecule has 0 N–H and O–H groups in total. The fourth-order valence-corrected chi connectivity index (χ4v) is 2.69. The fraction of sp³-hybridized carbons (Fsp3) is 0.150. The van der Waals surface area contributed by atoms with Crippen LogP contribution in [0.4, 0.5) is 5.69 Å². The molecular formula is C20H17NO6. The molecule has 2 aromatic carbocycles. The summed E-state index contributed by atoms with van der Waals surface area (Å²) < 4.78 is 15.9. The molecule has 0 saturated heterocycles. The highest BCUT2D eigenvalue weighted by Crippen LogP contribution is 2.35. The van der Waals surface area contributed by atoms with Crippen LogP contribution in [0.3, 0.4) is 0 Å². The molecule has 0 bridgehead atoms. The number of rotatable bonds is 5. The van der Waals surface area contributed by atoms with Gasteiger partial charge >= 0.3 is 5.97 Å². The number of carbonyl (C=O) groups excluding carboxylic acids is 1. The van der Waals surface area contributed by atoms with Crippen LogP contribution in [0.25, 0.3) is 11.8 Å². The van der Waals surface area contributed by atoms with Gasteiger partial charge in [-0.3, -0.25) is 10.1 Å². The van der Waals surface area contributed by atoms with Gasteiger partial charge in [0.15, 0.2) is 0 Å². The van der Waals surface area contributed by atoms with E-state index in [4.69, 9.17) is 14.2 Å². The normalized spacial score (nSPS) is 14.7. The van der Waals surface area contributed by atoms with Gasteiger partial charge in [0.05, 0.1) is 30.3 Å². The van der Waals surface area contributed by atoms with Gasteiger partial charge in [0.2, 0.25) is 0 Å². The molecule has 0 spiro atoms. The molecule has 3 rings (SSSR count). The minimum Gasteiger partial charge on any atom is -0.497 e. The fourth-order valence-electron chi connectivity index (χ4n) is 2.69. The number of nitrogens with zero attached hydrogens (tertiary/aromatic N) is 1. The first-order chi connectivity index (χ1) is 12.9. The molecule has 0 aromatic heterocycles. The Morgan fingerprint density at radius 1 is 1.11 bits per heavy atom. The lowest BCUT2D eigenvalue weighted by atomic mass is 10.0. The Bertz CT molecular complexity index is 990. The highest BCUT2D eigenvalue weighted by atomic mass is 16.6. The van der Waals surface area contributed by atoms with Crippen molar-refractivity contribution in [3.63, 3.8) is 0 Å². The molecule has 0 fully saturated rings. The number of aryl methyl sites for hydroxylation is 1. The summed E-state index contributed by atoms with van der Waals surface area (Å²) >= 11 is 0. The maximum Gasteiger partial charge on any atom is 0.343 e. The Balaban J connectivity index is 2.04. The maximum atomic E-state index is 12.3. The molecule has 0 unspecified atom stereocenters. The zero-order valence-corrected chi connectivity index (χ0v) is 15.0. The predicted octanol–water partition coefficient (Wildman–Crippen LogP) is 3.90. The van der Waals surface area contributed by atoms with Crippen LogP contribution in [-0.2, 0) is 9.53 Å². The molecule has 0 aliphatic carbocycles. The first kappa shape index (κ1) is 18.2. The summed E-state index contributed by atoms with van der Waals surface area (Å²) in [7, 11) is 3.06. The number of hydrogen-bond donors (Lipinski definition) is 0. The SMILES string of the molecule is COc1ccc(OC)c(C2=CC(=Cc3cc([N+](=O)[O-])ccc3C)C(=O)O2)c1. The highest BCUT2D eigenvalue weighted by molar-refractivity contribution is 6.05. The summed E-state index contributed by atoms with van der Waals surface area (Å²) in [4.78, 5) is 22.8. The van der Waals surface area contributed by atoms with Crippen molar-refractivity contribution in [3.05, 3.63) is 74.9 Å². The van der Waals surface area contributed by atoms with Crippen LogP contribution < -0.4 is 9.47 Å². The van der Waals surface area contributed by atoms with Gasteiger partial charge in [0.1, 0.15) is 17.3 Å². The molecule has 1 aliphatic heterocycles. The monoisotopic (exact) mass is 367 g/mol. The van der Waals surface area contributed by atoms with E-state index < -0.39 is 10.9 Å². The third-order valence-electron chi connectivity index (χ3n) is 4.18. The topological polar surface area (TPSA) is 87.9 Å². The number of cyclic esters (lactones) is 1. The molecule has 0 saturated carbocycles. The largest absolute Gasteiger partial charge is 0.497 e. The van der Waals surface area contributed by atoms with Gasteiger partial charge in [-0.15, -0.1) is 0 Å². The van der Waals surface area contributed by atoms with Crippen LogP contribution in [0.1, 0.15) is 16.7 Å². The smallest absolute Gasteiger partial charge is 0.343 e. The van der Waals surface area contributed by atoms with Crippen molar-refractivity contribution in [1.82, 2.24) is 0 Å². The number of esters is 1. The number of hydrogen-bond acceptors (Lipinski definition) is 6. The van der Waals surface area contributed by atoms with Crippen LogP contribution in [0.5, 0.6) is 11.5 Å². The Morgan fingerprint density at radius 2 is 1.89 bits per heavy atom. The van der Waals surface area contributed by atoms with Crippen molar-refractivity contribution >= 4 is 23.5 Å². The number of carbonyl (C=O) groups is 1. The van der Waals surface area contributed by atoms with E-state index in [-0.39, 0.29) is 5.69 Å². The Hall–Kier alpha value is -3.61. The second-order valence-electron chi connectivity index (χ2n) is 5.86. The molecule has 1 aliphatic rings. The molecule has 138 valence electrons. The number of nitro benzene ring substituents is 1. The third-order valence-corrected chi connectivity index (χ3v) is 4.18. The van der Waals surface area contributed by atoms with Gasteiger partial charge in [0.25, 0.3) is 5.69 Å². The van der Waals surface area contributed by atoms with Crippen LogP contribution >= 0.6 is 0 Å². The van der Waals surface area contributed by atoms with E-state index in [9.17, 15) is 14.9 Å². The van der Waals surface area contributed by atoms with E-state index in [0.29, 0.717) is 34.0 Å². The first-order valence-electron chi connectivity index (χ1n) is 8.06. The van der Waals surface area contributed by atoms with Crippen molar-refractivity contribution in [3.8, 4) is 11.5 Å². The minimum atomic E-state index is -0.541. The van der Waals surface area contributed by atoms with Crippen molar-refractivity contribution < 1.29 is 23.9 Å². The van der Waals surface area contributed by atoms with E-state index in [0.717, 1.165) is 5.56 Å². The van der Waals surface area contributed by atoms with Crippen LogP contribution in [0, 0.1) is 17.0 Å². The molecular weight excluding hydrogens is 350 g/mol. The van der Waals surface area contributed by atoms with Crippen molar-refractivity contribution in [2.24, 2.45) is 0 Å². The standard InChI is InChI=1S/C20H17NO6/c1-12-4-5-15(21(23)24)9-13(12)8-14-10-19(27-20(14)22)17-11-16(25-2)6-7-18(17)26-3/h4-11H,1-3H3. The summed E-state index contributed by atoms with van der Waals surface area (Å²) in [6, 6.07) is 9.65. The van der Waals surface area contributed by atoms with Gasteiger partial charge in [-0.25, -0.2) is 4.79 Å². The van der Waals surface area contributed by atoms with E-state index >= 15 is 0 Å². The summed E-state index contributed by atoms with van der Waals surface area (Å²) in [5, 5.41) is 11.0. The van der Waals surface area contributed by atoms with Gasteiger partial charge in [-0.2, -0.15) is 0 Å². The van der Waals surface area contributed by atoms with Crippen molar-refractivity contribution in [2.75, 3.05) is 14.2 Å². The number of nitro groups is 1. The number of methoxy groups -OCH3 is 2. The van der Waals surface area contributed by atoms with E-state index in [1.165, 1.54) is 26.4 Å². The number of ether oxygens (including phenoxy) is 3. The Kier molecular flexibility index (Phi) is 4.94. The van der Waals surface area contributed by atoms with Crippen LogP contribution in [0.2, 0.25) is 0 Å². The van der Waals surface area contributed by atoms with Gasteiger partial charge in [-0.05, 0) is 48.4 Å². The predicted molar refractivity (Wildman–Crippen MR) is 99.4 cm³/mol. The quantitative estimate of drug-likeness (QED) is 0.345. The van der Waals surface area contributed by atoms with Crippen molar-refractivity contribution in [2.45, 2.75) is 6.92 Å². The first-order valence-corrected chi connectivity index (χ1v) is 8.06. The lowest BCUT2D eigenvalue weighted by Crippen LogP contribution is -1.99. The number of non-ortho nitro benzene ring substituents is 1. The molecule has 1 heterocycles. The van der Waals surface area contributed by atoms with Gasteiger partial charge in [0, 0.05) is 12.1 Å². The van der Waals surface area contributed by atoms with E-state index in [1.807, 2.05) is 6.92 Å². The second kappa shape index (κ2) is 7.33. The second-order valence-corrected chi connectivity index (χ2v) is 5.86. The third kappa shape index (κ3) is 3.67. The summed E-state index contributed by atoms with van der Waals surface area (Å²) in [6.45, 7) is 1.81. The molecule has 7 nitrogen and oxygen atoms in total. The zero-order chi connectivity index (χ0) is 19.6. The highest BCUT2D eigenvalue weighted by Gasteiger charge is 2.25. The van der Waals surface area contributed by atoms with Crippen molar-refractivity contribution in [1.29, 1.82) is 0 Å². The molecule has 0 atom stereocenters. The summed E-state index contributed by atoms with van der Waals surface area (Å²) in [6.07, 6.45) is 3.15. The lowest BCUT2D eigenvalue weighted by molar-refractivity contribution is -0.384. The minimum absolute atomic E-state index is 0.0440. The molecule has 2 aromatic rings. The summed E-state index contributed by atoms with van der Waals surface area (Å²) in [5.74, 6) is 0.906. The van der Waals surface area contributed by atoms with E-state index in [2.05, 4.69) is 0 Å². The molecule has 0 amide bonds. The zero-order valence-electron chi connectivity index (χ0n) is 15.0. The van der Waals surface area contributed by atoms with Gasteiger partial charge < -0.3 is 14.2 Å². The lowest BCUT2D eigenvalue weighted by Gasteiger charge is -2.10. The van der Waals surface area contributed by atoms with Gasteiger partial charge in [-0.1, -0.05) is 6.07 Å². The molecule has 27 heavy (non-hydrogen) atoms. The molecule has 0 radical (unpaired) electrons. The summed E-state index contributed by atoms with van der Waals surface area (Å²) in [5.41, 5.74) is 2.20. The average molecular weight is 367 g/mol. The van der Waals surface area contributed by atoms with Crippen LogP contribution in [-0.4, -0.2) is 25.1 Å². The maximum absolute atomic E-state index is 12.3. The number of benzene rings is 2. The average Bonchev–Trinajstić information content (AvgIpc) is 3.03. The Labute approximate surface area is 155 Å². The van der Waals surface area contributed by atoms with Crippen LogP contribution in [0.15, 0.2) is 48.0 Å².